The van der Waals surface area contributed by atoms with Crippen molar-refractivity contribution in [1.29, 1.82) is 5.26 Å². The van der Waals surface area contributed by atoms with Crippen LogP contribution in [0, 0.1) is 18.3 Å². The Bertz CT molecular complexity index is 369. The minimum atomic E-state index is 0.693. The molecule has 0 fully saturated rings. The molecule has 3 nitrogen and oxygen atoms in total. The highest BCUT2D eigenvalue weighted by atomic mass is 16.5. The molecule has 0 radical (unpaired) electrons. The van der Waals surface area contributed by atoms with Crippen molar-refractivity contribution in [2.24, 2.45) is 0 Å². The molecule has 1 rings (SSSR count). The first-order valence-corrected chi connectivity index (χ1v) is 5.60. The molecule has 0 unspecified atom stereocenters. The maximum absolute atomic E-state index is 8.80. The van der Waals surface area contributed by atoms with E-state index in [-0.39, 0.29) is 0 Å². The topological polar surface area (TPSA) is 45.0 Å². The lowest BCUT2D eigenvalue weighted by Gasteiger charge is -2.09. The number of aryl methyl sites for hydroxylation is 1. The summed E-state index contributed by atoms with van der Waals surface area (Å²) in [5.41, 5.74) is 2.89. The van der Waals surface area contributed by atoms with E-state index in [4.69, 9.17) is 10.00 Å². The number of rotatable bonds is 6. The first-order chi connectivity index (χ1) is 7.77. The highest BCUT2D eigenvalue weighted by Gasteiger charge is 1.99. The van der Waals surface area contributed by atoms with Crippen LogP contribution in [0.1, 0.15) is 24.5 Å². The van der Waals surface area contributed by atoms with Crippen LogP contribution in [0.2, 0.25) is 0 Å². The minimum absolute atomic E-state index is 0.693. The molecule has 0 saturated heterocycles. The molecule has 0 amide bonds. The van der Waals surface area contributed by atoms with Gasteiger partial charge >= 0.3 is 0 Å². The van der Waals surface area contributed by atoms with Crippen LogP contribution < -0.4 is 5.32 Å². The number of hydrogen-bond donors (Lipinski definition) is 1. The second kappa shape index (κ2) is 6.86. The number of hydrogen-bond acceptors (Lipinski definition) is 3. The van der Waals surface area contributed by atoms with Crippen LogP contribution in [-0.4, -0.2) is 19.8 Å². The normalized spacial score (nSPS) is 9.81. The molecule has 0 spiro atoms. The van der Waals surface area contributed by atoms with Crippen molar-refractivity contribution in [3.63, 3.8) is 0 Å². The van der Waals surface area contributed by atoms with Gasteiger partial charge in [-0.05, 0) is 38.0 Å². The summed E-state index contributed by atoms with van der Waals surface area (Å²) >= 11 is 0. The highest BCUT2D eigenvalue weighted by Crippen LogP contribution is 2.16. The molecular weight excluding hydrogens is 200 g/mol. The van der Waals surface area contributed by atoms with Crippen molar-refractivity contribution in [1.82, 2.24) is 0 Å². The van der Waals surface area contributed by atoms with E-state index < -0.39 is 0 Å². The van der Waals surface area contributed by atoms with Gasteiger partial charge in [0.15, 0.2) is 0 Å². The van der Waals surface area contributed by atoms with Gasteiger partial charge in [0.1, 0.15) is 0 Å². The molecule has 0 aliphatic rings. The first-order valence-electron chi connectivity index (χ1n) is 5.60. The first kappa shape index (κ1) is 12.5. The molecule has 0 heterocycles. The fraction of sp³-hybridized carbons (Fsp3) is 0.462. The summed E-state index contributed by atoms with van der Waals surface area (Å²) in [7, 11) is 0. The Kier molecular flexibility index (Phi) is 5.38. The Morgan fingerprint density at radius 2 is 2.25 bits per heavy atom. The average molecular weight is 218 g/mol. The summed E-state index contributed by atoms with van der Waals surface area (Å²) in [6.45, 7) is 6.44. The maximum Gasteiger partial charge on any atom is 0.0992 e. The molecule has 0 bridgehead atoms. The standard InChI is InChI=1S/C13H18N2O/c1-3-16-8-4-7-15-13-9-12(10-14)6-5-11(13)2/h5-6,9,15H,3-4,7-8H2,1-2H3. The molecule has 0 atom stereocenters. The zero-order valence-corrected chi connectivity index (χ0v) is 9.92. The van der Waals surface area contributed by atoms with E-state index in [2.05, 4.69) is 11.4 Å². The Labute approximate surface area is 97.0 Å². The molecule has 0 aliphatic heterocycles. The van der Waals surface area contributed by atoms with Crippen molar-refractivity contribution in [3.8, 4) is 6.07 Å². The van der Waals surface area contributed by atoms with E-state index in [0.717, 1.165) is 37.4 Å². The fourth-order valence-electron chi connectivity index (χ4n) is 1.42. The van der Waals surface area contributed by atoms with Gasteiger partial charge in [-0.25, -0.2) is 0 Å². The van der Waals surface area contributed by atoms with Crippen LogP contribution >= 0.6 is 0 Å². The monoisotopic (exact) mass is 218 g/mol. The third-order valence-electron chi connectivity index (χ3n) is 2.35. The number of nitrogens with one attached hydrogen (secondary N) is 1. The van der Waals surface area contributed by atoms with E-state index >= 15 is 0 Å². The zero-order valence-electron chi connectivity index (χ0n) is 9.92. The molecule has 1 aromatic carbocycles. The lowest BCUT2D eigenvalue weighted by atomic mass is 10.1. The zero-order chi connectivity index (χ0) is 11.8. The van der Waals surface area contributed by atoms with Crippen molar-refractivity contribution in [2.75, 3.05) is 25.1 Å². The third-order valence-corrected chi connectivity index (χ3v) is 2.35. The summed E-state index contributed by atoms with van der Waals surface area (Å²) in [4.78, 5) is 0. The van der Waals surface area contributed by atoms with Gasteiger partial charge in [0.05, 0.1) is 11.6 Å². The van der Waals surface area contributed by atoms with Gasteiger partial charge in [-0.3, -0.25) is 0 Å². The summed E-state index contributed by atoms with van der Waals surface area (Å²) in [6.07, 6.45) is 0.976. The summed E-state index contributed by atoms with van der Waals surface area (Å²) in [5.74, 6) is 0. The Morgan fingerprint density at radius 1 is 1.44 bits per heavy atom. The van der Waals surface area contributed by atoms with Crippen LogP contribution in [0.3, 0.4) is 0 Å². The van der Waals surface area contributed by atoms with Crippen LogP contribution in [0.4, 0.5) is 5.69 Å². The largest absolute Gasteiger partial charge is 0.385 e. The van der Waals surface area contributed by atoms with E-state index in [9.17, 15) is 0 Å². The van der Waals surface area contributed by atoms with E-state index in [1.165, 1.54) is 0 Å². The molecule has 0 aromatic heterocycles. The molecular formula is C13H18N2O. The van der Waals surface area contributed by atoms with Gasteiger partial charge in [-0.15, -0.1) is 0 Å². The summed E-state index contributed by atoms with van der Waals surface area (Å²) < 4.78 is 5.25. The lowest BCUT2D eigenvalue weighted by molar-refractivity contribution is 0.147. The summed E-state index contributed by atoms with van der Waals surface area (Å²) in [5, 5.41) is 12.1. The molecule has 86 valence electrons. The summed E-state index contributed by atoms with van der Waals surface area (Å²) in [6, 6.07) is 7.82. The van der Waals surface area contributed by atoms with Gasteiger partial charge in [0, 0.05) is 25.4 Å². The highest BCUT2D eigenvalue weighted by molar-refractivity contribution is 5.55. The minimum Gasteiger partial charge on any atom is -0.385 e. The van der Waals surface area contributed by atoms with E-state index in [1.807, 2.05) is 32.0 Å². The van der Waals surface area contributed by atoms with E-state index in [0.29, 0.717) is 5.56 Å². The Morgan fingerprint density at radius 3 is 2.94 bits per heavy atom. The van der Waals surface area contributed by atoms with Crippen molar-refractivity contribution < 1.29 is 4.74 Å². The molecule has 1 aromatic rings. The number of nitrogens with zero attached hydrogens (tertiary/aromatic N) is 1. The number of nitriles is 1. The van der Waals surface area contributed by atoms with Crippen LogP contribution in [-0.2, 0) is 4.74 Å². The van der Waals surface area contributed by atoms with Gasteiger partial charge in [-0.2, -0.15) is 5.26 Å². The average Bonchev–Trinajstić information content (AvgIpc) is 2.31. The predicted octanol–water partition coefficient (Wildman–Crippen LogP) is 2.71. The van der Waals surface area contributed by atoms with Crippen molar-refractivity contribution in [3.05, 3.63) is 29.3 Å². The van der Waals surface area contributed by atoms with Crippen molar-refractivity contribution >= 4 is 5.69 Å². The van der Waals surface area contributed by atoms with Gasteiger partial charge in [-0.1, -0.05) is 6.07 Å². The smallest absolute Gasteiger partial charge is 0.0992 e. The molecule has 0 aliphatic carbocycles. The molecule has 1 N–H and O–H groups in total. The predicted molar refractivity (Wildman–Crippen MR) is 65.5 cm³/mol. The quantitative estimate of drug-likeness (QED) is 0.747. The lowest BCUT2D eigenvalue weighted by Crippen LogP contribution is -2.06. The molecule has 0 saturated carbocycles. The number of ether oxygens (including phenoxy) is 1. The fourth-order valence-corrected chi connectivity index (χ4v) is 1.42. The molecule has 3 heteroatoms. The van der Waals surface area contributed by atoms with E-state index in [1.54, 1.807) is 0 Å². The molecule has 16 heavy (non-hydrogen) atoms. The number of anilines is 1. The Hall–Kier alpha value is -1.53. The second-order valence-electron chi connectivity index (χ2n) is 3.62. The SMILES string of the molecule is CCOCCCNc1cc(C#N)ccc1C. The number of benzene rings is 1. The van der Waals surface area contributed by atoms with Gasteiger partial charge in [0.25, 0.3) is 0 Å². The van der Waals surface area contributed by atoms with Crippen LogP contribution in [0.25, 0.3) is 0 Å². The Balaban J connectivity index is 2.44. The second-order valence-corrected chi connectivity index (χ2v) is 3.62. The maximum atomic E-state index is 8.80. The van der Waals surface area contributed by atoms with Gasteiger partial charge < -0.3 is 10.1 Å². The third kappa shape index (κ3) is 3.92. The van der Waals surface area contributed by atoms with Crippen LogP contribution in [0.15, 0.2) is 18.2 Å². The van der Waals surface area contributed by atoms with Crippen LogP contribution in [0.5, 0.6) is 0 Å². The van der Waals surface area contributed by atoms with Crippen molar-refractivity contribution in [2.45, 2.75) is 20.3 Å². The van der Waals surface area contributed by atoms with Gasteiger partial charge in [0.2, 0.25) is 0 Å².